The molecule has 0 unspecified atom stereocenters. The van der Waals surface area contributed by atoms with Crippen LogP contribution in [0.4, 0.5) is 13.2 Å². The van der Waals surface area contributed by atoms with Crippen LogP contribution in [0, 0.1) is 0 Å². The molecule has 0 radical (unpaired) electrons. The Bertz CT molecular complexity index is 454. The minimum Gasteiger partial charge on any atom is -0.370 e. The maximum atomic E-state index is 11.8. The summed E-state index contributed by atoms with van der Waals surface area (Å²) in [7, 11) is 0. The predicted octanol–water partition coefficient (Wildman–Crippen LogP) is 3.41. The molecule has 0 atom stereocenters. The van der Waals surface area contributed by atoms with Gasteiger partial charge in [-0.1, -0.05) is 11.6 Å². The van der Waals surface area contributed by atoms with Crippen molar-refractivity contribution in [3.8, 4) is 0 Å². The minimum absolute atomic E-state index is 0.00994. The van der Waals surface area contributed by atoms with Crippen LogP contribution in [0.1, 0.15) is 10.4 Å². The summed E-state index contributed by atoms with van der Waals surface area (Å²) < 4.78 is 40.2. The molecule has 8 heteroatoms. The van der Waals surface area contributed by atoms with E-state index in [-0.39, 0.29) is 13.2 Å². The van der Waals surface area contributed by atoms with Crippen LogP contribution in [0.25, 0.3) is 0 Å². The third kappa shape index (κ3) is 6.26. The van der Waals surface area contributed by atoms with Gasteiger partial charge in [0.25, 0.3) is 5.91 Å². The van der Waals surface area contributed by atoms with Crippen molar-refractivity contribution in [3.63, 3.8) is 0 Å². The van der Waals surface area contributed by atoms with E-state index in [1.165, 1.54) is 6.07 Å². The van der Waals surface area contributed by atoms with Gasteiger partial charge >= 0.3 is 6.18 Å². The molecule has 1 N–H and O–H groups in total. The molecule has 0 spiro atoms. The van der Waals surface area contributed by atoms with Crippen LogP contribution in [0.3, 0.4) is 0 Å². The zero-order valence-corrected chi connectivity index (χ0v) is 11.9. The first-order chi connectivity index (χ1) is 8.79. The second-order valence-electron chi connectivity index (χ2n) is 3.55. The fourth-order valence-corrected chi connectivity index (χ4v) is 2.06. The van der Waals surface area contributed by atoms with Crippen LogP contribution in [0.5, 0.6) is 0 Å². The third-order valence-corrected chi connectivity index (χ3v) is 2.86. The van der Waals surface area contributed by atoms with Gasteiger partial charge in [-0.2, -0.15) is 13.2 Å². The van der Waals surface area contributed by atoms with Crippen LogP contribution < -0.4 is 5.32 Å². The van der Waals surface area contributed by atoms with Gasteiger partial charge in [0.1, 0.15) is 6.61 Å². The van der Waals surface area contributed by atoms with Crippen molar-refractivity contribution in [3.05, 3.63) is 33.3 Å². The smallest absolute Gasteiger partial charge is 0.370 e. The highest BCUT2D eigenvalue weighted by Gasteiger charge is 2.27. The van der Waals surface area contributed by atoms with E-state index < -0.39 is 18.7 Å². The minimum atomic E-state index is -4.36. The molecule has 0 fully saturated rings. The summed E-state index contributed by atoms with van der Waals surface area (Å²) in [6.07, 6.45) is -4.36. The summed E-state index contributed by atoms with van der Waals surface area (Å²) in [4.78, 5) is 11.7. The predicted molar refractivity (Wildman–Crippen MR) is 68.4 cm³/mol. The maximum Gasteiger partial charge on any atom is 0.411 e. The number of hydrogen-bond donors (Lipinski definition) is 1. The monoisotopic (exact) mass is 359 g/mol. The average Bonchev–Trinajstić information content (AvgIpc) is 2.26. The van der Waals surface area contributed by atoms with Gasteiger partial charge < -0.3 is 10.1 Å². The summed E-state index contributed by atoms with van der Waals surface area (Å²) in [6.45, 7) is -1.55. The highest BCUT2D eigenvalue weighted by molar-refractivity contribution is 9.10. The molecule has 0 aliphatic rings. The Morgan fingerprint density at radius 3 is 2.68 bits per heavy atom. The number of carbonyl (C=O) groups is 1. The van der Waals surface area contributed by atoms with Crippen molar-refractivity contribution in [1.82, 2.24) is 5.32 Å². The lowest BCUT2D eigenvalue weighted by atomic mass is 10.2. The number of carbonyl (C=O) groups excluding carboxylic acids is 1. The fourth-order valence-electron chi connectivity index (χ4n) is 1.19. The van der Waals surface area contributed by atoms with Gasteiger partial charge in [-0.15, -0.1) is 0 Å². The van der Waals surface area contributed by atoms with Crippen molar-refractivity contribution in [2.45, 2.75) is 6.18 Å². The average molecular weight is 361 g/mol. The lowest BCUT2D eigenvalue weighted by Gasteiger charge is -2.09. The van der Waals surface area contributed by atoms with Gasteiger partial charge in [0.05, 0.1) is 12.2 Å². The van der Waals surface area contributed by atoms with Crippen LogP contribution >= 0.6 is 27.5 Å². The second-order valence-corrected chi connectivity index (χ2v) is 4.84. The zero-order chi connectivity index (χ0) is 14.5. The van der Waals surface area contributed by atoms with Gasteiger partial charge in [-0.05, 0) is 34.1 Å². The molecule has 3 nitrogen and oxygen atoms in total. The number of hydrogen-bond acceptors (Lipinski definition) is 2. The summed E-state index contributed by atoms with van der Waals surface area (Å²) in [6, 6.07) is 4.61. The number of ether oxygens (including phenoxy) is 1. The molecule has 1 aromatic carbocycles. The molecule has 0 saturated carbocycles. The Morgan fingerprint density at radius 2 is 2.11 bits per heavy atom. The van der Waals surface area contributed by atoms with E-state index in [2.05, 4.69) is 26.0 Å². The van der Waals surface area contributed by atoms with Crippen LogP contribution in [0.2, 0.25) is 5.02 Å². The van der Waals surface area contributed by atoms with Gasteiger partial charge in [0.15, 0.2) is 0 Å². The lowest BCUT2D eigenvalue weighted by Crippen LogP contribution is -2.29. The first kappa shape index (κ1) is 16.3. The molecular weight excluding hydrogens is 350 g/mol. The first-order valence-corrected chi connectivity index (χ1v) is 6.34. The van der Waals surface area contributed by atoms with Crippen molar-refractivity contribution in [2.24, 2.45) is 0 Å². The Labute approximate surface area is 121 Å². The number of nitrogens with one attached hydrogen (secondary N) is 1. The SMILES string of the molecule is O=C(NCCOCC(F)(F)F)c1ccc(Cl)cc1Br. The number of benzene rings is 1. The van der Waals surface area contributed by atoms with E-state index in [0.717, 1.165) is 0 Å². The van der Waals surface area contributed by atoms with Crippen molar-refractivity contribution < 1.29 is 22.7 Å². The topological polar surface area (TPSA) is 38.3 Å². The highest BCUT2D eigenvalue weighted by Crippen LogP contribution is 2.21. The largest absolute Gasteiger partial charge is 0.411 e. The molecule has 0 heterocycles. The van der Waals surface area contributed by atoms with Crippen molar-refractivity contribution >= 4 is 33.4 Å². The summed E-state index contributed by atoms with van der Waals surface area (Å²) >= 11 is 8.89. The molecule has 1 aromatic rings. The fraction of sp³-hybridized carbons (Fsp3) is 0.364. The molecular formula is C11H10BrClF3NO2. The molecule has 0 saturated heterocycles. The summed E-state index contributed by atoms with van der Waals surface area (Å²) in [5.41, 5.74) is 0.347. The second kappa shape index (κ2) is 7.12. The van der Waals surface area contributed by atoms with Gasteiger partial charge in [-0.3, -0.25) is 4.79 Å². The van der Waals surface area contributed by atoms with E-state index in [9.17, 15) is 18.0 Å². The number of alkyl halides is 3. The first-order valence-electron chi connectivity index (χ1n) is 5.17. The zero-order valence-electron chi connectivity index (χ0n) is 9.56. The highest BCUT2D eigenvalue weighted by atomic mass is 79.9. The summed E-state index contributed by atoms with van der Waals surface area (Å²) in [5, 5.41) is 2.91. The van der Waals surface area contributed by atoms with E-state index in [4.69, 9.17) is 11.6 Å². The third-order valence-electron chi connectivity index (χ3n) is 1.97. The van der Waals surface area contributed by atoms with Crippen molar-refractivity contribution in [2.75, 3.05) is 19.8 Å². The van der Waals surface area contributed by atoms with E-state index >= 15 is 0 Å². The molecule has 106 valence electrons. The quantitative estimate of drug-likeness (QED) is 0.817. The number of amides is 1. The Balaban J connectivity index is 2.36. The number of halogens is 5. The van der Waals surface area contributed by atoms with Crippen LogP contribution in [-0.2, 0) is 4.74 Å². The molecule has 1 rings (SSSR count). The summed E-state index contributed by atoms with van der Waals surface area (Å²) in [5.74, 6) is -0.417. The molecule has 0 aromatic heterocycles. The van der Waals surface area contributed by atoms with E-state index in [1.54, 1.807) is 12.1 Å². The lowest BCUT2D eigenvalue weighted by molar-refractivity contribution is -0.173. The Kier molecular flexibility index (Phi) is 6.09. The molecule has 0 aliphatic carbocycles. The van der Waals surface area contributed by atoms with Crippen LogP contribution in [0.15, 0.2) is 22.7 Å². The molecule has 19 heavy (non-hydrogen) atoms. The normalized spacial score (nSPS) is 11.4. The van der Waals surface area contributed by atoms with Crippen LogP contribution in [-0.4, -0.2) is 31.8 Å². The Morgan fingerprint density at radius 1 is 1.42 bits per heavy atom. The molecule has 0 bridgehead atoms. The molecule has 1 amide bonds. The Hall–Kier alpha value is -0.790. The number of rotatable bonds is 5. The van der Waals surface area contributed by atoms with Gasteiger partial charge in [0, 0.05) is 16.0 Å². The maximum absolute atomic E-state index is 11.8. The van der Waals surface area contributed by atoms with Crippen molar-refractivity contribution in [1.29, 1.82) is 0 Å². The van der Waals surface area contributed by atoms with E-state index in [0.29, 0.717) is 15.1 Å². The molecule has 0 aliphatic heterocycles. The van der Waals surface area contributed by atoms with Gasteiger partial charge in [-0.25, -0.2) is 0 Å². The van der Waals surface area contributed by atoms with E-state index in [1.807, 2.05) is 0 Å². The standard InChI is InChI=1S/C11H10BrClF3NO2/c12-9-5-7(13)1-2-8(9)10(18)17-3-4-19-6-11(14,15)16/h1-2,5H,3-4,6H2,(H,17,18). The van der Waals surface area contributed by atoms with Gasteiger partial charge in [0.2, 0.25) is 0 Å².